The second-order valence-electron chi connectivity index (χ2n) is 7.74. The number of esters is 1. The molecule has 0 fully saturated rings. The van der Waals surface area contributed by atoms with Crippen molar-refractivity contribution in [1.82, 2.24) is 0 Å². The number of aryl methyl sites for hydroxylation is 2. The average molecular weight is 495 g/mol. The summed E-state index contributed by atoms with van der Waals surface area (Å²) in [6, 6.07) is 17.8. The lowest BCUT2D eigenvalue weighted by atomic mass is 9.83. The van der Waals surface area contributed by atoms with Gasteiger partial charge in [-0.25, -0.2) is 4.79 Å². The van der Waals surface area contributed by atoms with Crippen molar-refractivity contribution in [3.8, 4) is 23.3 Å². The smallest absolute Gasteiger partial charge is 0.349 e. The normalized spacial score (nSPS) is 14.6. The Balaban J connectivity index is 1.59. The second-order valence-corrected chi connectivity index (χ2v) is 8.56. The third-order valence-corrected chi connectivity index (χ3v) is 6.11. The van der Waals surface area contributed by atoms with Crippen LogP contribution in [0, 0.1) is 25.2 Å². The van der Waals surface area contributed by atoms with Crippen LogP contribution in [0.4, 0.5) is 0 Å². The van der Waals surface area contributed by atoms with Crippen LogP contribution in [0.3, 0.4) is 0 Å². The quantitative estimate of drug-likeness (QED) is 0.355. The van der Waals surface area contributed by atoms with Gasteiger partial charge in [-0.05, 0) is 43.2 Å². The highest BCUT2D eigenvalue weighted by Gasteiger charge is 2.33. The molecule has 0 saturated heterocycles. The molecule has 1 atom stereocenters. The van der Waals surface area contributed by atoms with E-state index in [1.165, 1.54) is 6.07 Å². The molecule has 8 heteroatoms. The molecule has 4 rings (SSSR count). The first-order chi connectivity index (χ1) is 16.3. The first-order valence-electron chi connectivity index (χ1n) is 10.3. The number of ether oxygens (including phenoxy) is 3. The lowest BCUT2D eigenvalue weighted by Gasteiger charge is -2.27. The molecule has 1 aliphatic rings. The molecule has 0 spiro atoms. The summed E-state index contributed by atoms with van der Waals surface area (Å²) in [5.41, 5.74) is 9.25. The second kappa shape index (κ2) is 9.68. The predicted octanol–water partition coefficient (Wildman–Crippen LogP) is 5.81. The van der Waals surface area contributed by atoms with E-state index < -0.39 is 11.9 Å². The zero-order valence-corrected chi connectivity index (χ0v) is 19.9. The van der Waals surface area contributed by atoms with Crippen LogP contribution >= 0.6 is 23.2 Å². The summed E-state index contributed by atoms with van der Waals surface area (Å²) >= 11 is 12.9. The zero-order chi connectivity index (χ0) is 24.4. The Morgan fingerprint density at radius 1 is 1.09 bits per heavy atom. The van der Waals surface area contributed by atoms with Crippen molar-refractivity contribution < 1.29 is 19.0 Å². The Hall–Kier alpha value is -3.66. The lowest BCUT2D eigenvalue weighted by Crippen LogP contribution is -2.22. The molecule has 0 aliphatic carbocycles. The van der Waals surface area contributed by atoms with Crippen LogP contribution in [0.2, 0.25) is 10.0 Å². The van der Waals surface area contributed by atoms with Crippen LogP contribution in [-0.2, 0) is 4.79 Å². The van der Waals surface area contributed by atoms with E-state index in [2.05, 4.69) is 6.07 Å². The van der Waals surface area contributed by atoms with E-state index in [0.717, 1.165) is 11.1 Å². The maximum atomic E-state index is 12.4. The highest BCUT2D eigenvalue weighted by molar-refractivity contribution is 6.36. The summed E-state index contributed by atoms with van der Waals surface area (Å²) in [6.07, 6.45) is 0. The average Bonchev–Trinajstić information content (AvgIpc) is 2.78. The predicted molar refractivity (Wildman–Crippen MR) is 129 cm³/mol. The zero-order valence-electron chi connectivity index (χ0n) is 18.4. The Bertz CT molecular complexity index is 1320. The molecule has 2 N–H and O–H groups in total. The molecule has 0 bridgehead atoms. The van der Waals surface area contributed by atoms with Gasteiger partial charge in [-0.2, -0.15) is 5.26 Å². The van der Waals surface area contributed by atoms with Gasteiger partial charge in [-0.3, -0.25) is 0 Å². The Kier molecular flexibility index (Phi) is 6.69. The SMILES string of the molecule is Cc1cccc(C)c1OCC(=O)Oc1ccc2c(c1)OC(N)=C(C#N)C2c1c(Cl)cccc1Cl. The van der Waals surface area contributed by atoms with E-state index in [1.807, 2.05) is 32.0 Å². The highest BCUT2D eigenvalue weighted by atomic mass is 35.5. The van der Waals surface area contributed by atoms with E-state index in [-0.39, 0.29) is 23.8 Å². The summed E-state index contributed by atoms with van der Waals surface area (Å²) in [4.78, 5) is 12.4. The molecule has 3 aromatic carbocycles. The highest BCUT2D eigenvalue weighted by Crippen LogP contribution is 2.47. The lowest BCUT2D eigenvalue weighted by molar-refractivity contribution is -0.136. The van der Waals surface area contributed by atoms with Crippen molar-refractivity contribution in [2.24, 2.45) is 5.73 Å². The number of nitrogens with two attached hydrogens (primary N) is 1. The van der Waals surface area contributed by atoms with E-state index in [1.54, 1.807) is 30.3 Å². The van der Waals surface area contributed by atoms with E-state index >= 15 is 0 Å². The van der Waals surface area contributed by atoms with Gasteiger partial charge >= 0.3 is 5.97 Å². The number of benzene rings is 3. The van der Waals surface area contributed by atoms with Crippen molar-refractivity contribution in [3.05, 3.63) is 98.4 Å². The maximum Gasteiger partial charge on any atom is 0.349 e. The minimum Gasteiger partial charge on any atom is -0.481 e. The van der Waals surface area contributed by atoms with E-state index in [0.29, 0.717) is 32.7 Å². The van der Waals surface area contributed by atoms with Crippen LogP contribution in [0.25, 0.3) is 0 Å². The largest absolute Gasteiger partial charge is 0.481 e. The van der Waals surface area contributed by atoms with Crippen LogP contribution < -0.4 is 19.9 Å². The molecule has 1 unspecified atom stereocenters. The molecule has 0 aromatic heterocycles. The molecule has 34 heavy (non-hydrogen) atoms. The van der Waals surface area contributed by atoms with Gasteiger partial charge in [0.25, 0.3) is 0 Å². The molecule has 0 radical (unpaired) electrons. The molecule has 6 nitrogen and oxygen atoms in total. The number of allylic oxidation sites excluding steroid dienone is 1. The fraction of sp³-hybridized carbons (Fsp3) is 0.154. The van der Waals surface area contributed by atoms with Gasteiger partial charge in [-0.1, -0.05) is 53.5 Å². The van der Waals surface area contributed by atoms with Crippen molar-refractivity contribution in [2.45, 2.75) is 19.8 Å². The number of hydrogen-bond acceptors (Lipinski definition) is 6. The molecular formula is C26H20Cl2N2O4. The van der Waals surface area contributed by atoms with Crippen molar-refractivity contribution >= 4 is 29.2 Å². The van der Waals surface area contributed by atoms with Crippen LogP contribution in [0.1, 0.15) is 28.2 Å². The number of fused-ring (bicyclic) bond motifs is 1. The van der Waals surface area contributed by atoms with Gasteiger partial charge in [0.2, 0.25) is 5.88 Å². The van der Waals surface area contributed by atoms with Crippen LogP contribution in [0.5, 0.6) is 17.2 Å². The third kappa shape index (κ3) is 4.54. The summed E-state index contributed by atoms with van der Waals surface area (Å²) in [5.74, 6) is -0.0608. The first kappa shape index (κ1) is 23.5. The number of carbonyl (C=O) groups excluding carboxylic acids is 1. The molecule has 172 valence electrons. The fourth-order valence-electron chi connectivity index (χ4n) is 3.90. The minimum atomic E-state index is -0.632. The summed E-state index contributed by atoms with van der Waals surface area (Å²) < 4.78 is 16.8. The number of hydrogen-bond donors (Lipinski definition) is 1. The number of carbonyl (C=O) groups is 1. The topological polar surface area (TPSA) is 94.6 Å². The molecule has 3 aromatic rings. The van der Waals surface area contributed by atoms with Crippen molar-refractivity contribution in [2.75, 3.05) is 6.61 Å². The first-order valence-corrected chi connectivity index (χ1v) is 11.1. The third-order valence-electron chi connectivity index (χ3n) is 5.45. The number of rotatable bonds is 5. The van der Waals surface area contributed by atoms with Gasteiger partial charge in [0.15, 0.2) is 6.61 Å². The Labute approximate surface area is 207 Å². The van der Waals surface area contributed by atoms with Crippen molar-refractivity contribution in [1.29, 1.82) is 5.26 Å². The fourth-order valence-corrected chi connectivity index (χ4v) is 4.52. The minimum absolute atomic E-state index is 0.0715. The summed E-state index contributed by atoms with van der Waals surface area (Å²) in [7, 11) is 0. The van der Waals surface area contributed by atoms with Gasteiger partial charge in [0, 0.05) is 27.2 Å². The molecule has 1 heterocycles. The number of nitrogens with zero attached hydrogens (tertiary/aromatic N) is 1. The number of para-hydroxylation sites is 1. The summed E-state index contributed by atoms with van der Waals surface area (Å²) in [5, 5.41) is 10.5. The van der Waals surface area contributed by atoms with Gasteiger partial charge in [-0.15, -0.1) is 0 Å². The molecule has 1 aliphatic heterocycles. The summed E-state index contributed by atoms with van der Waals surface area (Å²) in [6.45, 7) is 3.55. The van der Waals surface area contributed by atoms with E-state index in [4.69, 9.17) is 43.1 Å². The standard InChI is InChI=1S/C26H20Cl2N2O4/c1-14-5-3-6-15(2)25(14)32-13-22(31)33-16-9-10-17-21(11-16)34-26(30)18(12-29)23(17)24-19(27)7-4-8-20(24)28/h3-11,23H,13,30H2,1-2H3. The van der Waals surface area contributed by atoms with Crippen molar-refractivity contribution in [3.63, 3.8) is 0 Å². The van der Waals surface area contributed by atoms with Crippen LogP contribution in [0.15, 0.2) is 66.1 Å². The van der Waals surface area contributed by atoms with E-state index in [9.17, 15) is 10.1 Å². The monoisotopic (exact) mass is 494 g/mol. The number of nitriles is 1. The number of halogens is 2. The molecular weight excluding hydrogens is 475 g/mol. The molecule has 0 amide bonds. The van der Waals surface area contributed by atoms with Crippen LogP contribution in [-0.4, -0.2) is 12.6 Å². The van der Waals surface area contributed by atoms with Gasteiger partial charge in [0.05, 0.1) is 5.92 Å². The Morgan fingerprint density at radius 3 is 2.38 bits per heavy atom. The molecule has 0 saturated carbocycles. The maximum absolute atomic E-state index is 12.4. The van der Waals surface area contributed by atoms with Gasteiger partial charge in [0.1, 0.15) is 28.9 Å². The Morgan fingerprint density at radius 2 is 1.74 bits per heavy atom. The van der Waals surface area contributed by atoms with Gasteiger partial charge < -0.3 is 19.9 Å².